The van der Waals surface area contributed by atoms with Gasteiger partial charge in [-0.1, -0.05) is 17.7 Å². The second-order valence-electron chi connectivity index (χ2n) is 7.79. The summed E-state index contributed by atoms with van der Waals surface area (Å²) in [7, 11) is -3.46. The van der Waals surface area contributed by atoms with E-state index >= 15 is 0 Å². The molecular weight excluding hydrogens is 350 g/mol. The number of amides is 1. The third kappa shape index (κ3) is 4.45. The first-order chi connectivity index (χ1) is 12.3. The SMILES string of the molecule is Cc1ccc(S(=O)(=O)N2CC[NH+](CC(=O)N[C@H](C)C3CC3)CC2)c(C)c1. The largest absolute Gasteiger partial charge is 0.348 e. The van der Waals surface area contributed by atoms with Gasteiger partial charge in [-0.15, -0.1) is 0 Å². The first kappa shape index (κ1) is 19.3. The zero-order chi connectivity index (χ0) is 18.9. The van der Waals surface area contributed by atoms with E-state index in [2.05, 4.69) is 12.2 Å². The molecule has 1 aromatic carbocycles. The van der Waals surface area contributed by atoms with Crippen LogP contribution in [0.15, 0.2) is 23.1 Å². The van der Waals surface area contributed by atoms with Gasteiger partial charge in [0.25, 0.3) is 5.91 Å². The highest BCUT2D eigenvalue weighted by molar-refractivity contribution is 7.89. The van der Waals surface area contributed by atoms with Gasteiger partial charge in [0.05, 0.1) is 31.1 Å². The molecule has 1 saturated carbocycles. The second kappa shape index (κ2) is 7.66. The molecule has 0 aromatic heterocycles. The maximum atomic E-state index is 12.9. The number of nitrogens with one attached hydrogen (secondary N) is 2. The topological polar surface area (TPSA) is 70.9 Å². The van der Waals surface area contributed by atoms with E-state index in [1.807, 2.05) is 26.0 Å². The summed E-state index contributed by atoms with van der Waals surface area (Å²) >= 11 is 0. The molecule has 1 atom stereocenters. The minimum Gasteiger partial charge on any atom is -0.348 e. The van der Waals surface area contributed by atoms with Gasteiger partial charge in [-0.25, -0.2) is 8.42 Å². The van der Waals surface area contributed by atoms with Crippen molar-refractivity contribution in [3.05, 3.63) is 29.3 Å². The van der Waals surface area contributed by atoms with Crippen molar-refractivity contribution in [1.29, 1.82) is 0 Å². The lowest BCUT2D eigenvalue weighted by Crippen LogP contribution is -3.15. The van der Waals surface area contributed by atoms with Gasteiger partial charge in [0.1, 0.15) is 0 Å². The Morgan fingerprint density at radius 2 is 1.92 bits per heavy atom. The number of hydrogen-bond donors (Lipinski definition) is 2. The van der Waals surface area contributed by atoms with Crippen LogP contribution in [0.25, 0.3) is 0 Å². The van der Waals surface area contributed by atoms with E-state index in [1.165, 1.54) is 12.8 Å². The molecule has 1 saturated heterocycles. The zero-order valence-corrected chi connectivity index (χ0v) is 16.7. The van der Waals surface area contributed by atoms with Gasteiger partial charge in [0, 0.05) is 6.04 Å². The Bertz CT molecular complexity index is 766. The molecule has 144 valence electrons. The molecule has 0 unspecified atom stereocenters. The Labute approximate surface area is 156 Å². The fraction of sp³-hybridized carbons (Fsp3) is 0.632. The van der Waals surface area contributed by atoms with Crippen molar-refractivity contribution in [3.63, 3.8) is 0 Å². The molecule has 6 nitrogen and oxygen atoms in total. The van der Waals surface area contributed by atoms with Crippen LogP contribution in [0.1, 0.15) is 30.9 Å². The molecule has 1 amide bonds. The van der Waals surface area contributed by atoms with Gasteiger partial charge in [-0.05, 0) is 51.2 Å². The fourth-order valence-corrected chi connectivity index (χ4v) is 5.34. The zero-order valence-electron chi connectivity index (χ0n) is 15.9. The number of quaternary nitrogens is 1. The van der Waals surface area contributed by atoms with Crippen molar-refractivity contribution in [2.45, 2.75) is 44.6 Å². The molecule has 2 fully saturated rings. The first-order valence-electron chi connectivity index (χ1n) is 9.47. The first-order valence-corrected chi connectivity index (χ1v) is 10.9. The van der Waals surface area contributed by atoms with E-state index < -0.39 is 10.0 Å². The number of carbonyl (C=O) groups is 1. The van der Waals surface area contributed by atoms with Crippen LogP contribution in [0.2, 0.25) is 0 Å². The Balaban J connectivity index is 1.54. The third-order valence-electron chi connectivity index (χ3n) is 5.51. The maximum absolute atomic E-state index is 12.9. The van der Waals surface area contributed by atoms with Gasteiger partial charge in [-0.2, -0.15) is 4.31 Å². The van der Waals surface area contributed by atoms with Crippen LogP contribution in [0.3, 0.4) is 0 Å². The predicted octanol–water partition coefficient (Wildman–Crippen LogP) is 0.107. The Morgan fingerprint density at radius 1 is 1.27 bits per heavy atom. The fourth-order valence-electron chi connectivity index (χ4n) is 3.69. The molecule has 0 radical (unpaired) electrons. The van der Waals surface area contributed by atoms with Crippen LogP contribution < -0.4 is 10.2 Å². The Kier molecular flexibility index (Phi) is 5.69. The van der Waals surface area contributed by atoms with Crippen LogP contribution in [0.5, 0.6) is 0 Å². The highest BCUT2D eigenvalue weighted by Crippen LogP contribution is 2.32. The van der Waals surface area contributed by atoms with Gasteiger partial charge in [0.2, 0.25) is 10.0 Å². The summed E-state index contributed by atoms with van der Waals surface area (Å²) < 4.78 is 27.4. The number of sulfonamides is 1. The summed E-state index contributed by atoms with van der Waals surface area (Å²) in [6, 6.07) is 5.70. The van der Waals surface area contributed by atoms with Gasteiger partial charge in [-0.3, -0.25) is 4.79 Å². The lowest BCUT2D eigenvalue weighted by molar-refractivity contribution is -0.895. The molecule has 0 bridgehead atoms. The molecule has 7 heteroatoms. The van der Waals surface area contributed by atoms with Crippen LogP contribution >= 0.6 is 0 Å². The molecule has 2 aliphatic rings. The number of nitrogens with zero attached hydrogens (tertiary/aromatic N) is 1. The predicted molar refractivity (Wildman–Crippen MR) is 101 cm³/mol. The number of piperazine rings is 1. The third-order valence-corrected chi connectivity index (χ3v) is 7.56. The molecule has 2 N–H and O–H groups in total. The van der Waals surface area contributed by atoms with E-state index in [9.17, 15) is 13.2 Å². The standard InChI is InChI=1S/C19H29N3O3S/c1-14-4-7-18(15(2)12-14)26(24,25)22-10-8-21(9-11-22)13-19(23)20-16(3)17-5-6-17/h4,7,12,16-17H,5-6,8-11,13H2,1-3H3,(H,20,23)/p+1/t16-/m1/s1. The van der Waals surface area contributed by atoms with Crippen molar-refractivity contribution in [1.82, 2.24) is 9.62 Å². The average Bonchev–Trinajstić information content (AvgIpc) is 3.39. The second-order valence-corrected chi connectivity index (χ2v) is 9.70. The van der Waals surface area contributed by atoms with Crippen molar-refractivity contribution < 1.29 is 18.1 Å². The lowest BCUT2D eigenvalue weighted by Gasteiger charge is -2.31. The summed E-state index contributed by atoms with van der Waals surface area (Å²) in [5, 5.41) is 3.08. The highest BCUT2D eigenvalue weighted by Gasteiger charge is 2.33. The molecule has 26 heavy (non-hydrogen) atoms. The van der Waals surface area contributed by atoms with Gasteiger partial charge < -0.3 is 10.2 Å². The number of benzene rings is 1. The molecule has 0 spiro atoms. The number of hydrogen-bond acceptors (Lipinski definition) is 3. The average molecular weight is 381 g/mol. The smallest absolute Gasteiger partial charge is 0.275 e. The van der Waals surface area contributed by atoms with Crippen molar-refractivity contribution in [3.8, 4) is 0 Å². The molecule has 3 rings (SSSR count). The van der Waals surface area contributed by atoms with Crippen molar-refractivity contribution >= 4 is 15.9 Å². The Hall–Kier alpha value is -1.44. The minimum atomic E-state index is -3.46. The lowest BCUT2D eigenvalue weighted by atomic mass is 10.2. The number of carbonyl (C=O) groups excluding carboxylic acids is 1. The van der Waals surface area contributed by atoms with Gasteiger partial charge in [0.15, 0.2) is 6.54 Å². The van der Waals surface area contributed by atoms with Crippen LogP contribution in [0, 0.1) is 19.8 Å². The summed E-state index contributed by atoms with van der Waals surface area (Å²) in [6.45, 7) is 8.53. The van der Waals surface area contributed by atoms with E-state index in [1.54, 1.807) is 10.4 Å². The van der Waals surface area contributed by atoms with E-state index in [-0.39, 0.29) is 11.9 Å². The molecule has 1 aliphatic heterocycles. The summed E-state index contributed by atoms with van der Waals surface area (Å²) in [6.07, 6.45) is 2.42. The van der Waals surface area contributed by atoms with Crippen molar-refractivity contribution in [2.24, 2.45) is 5.92 Å². The normalized spacial score (nSPS) is 20.7. The van der Waals surface area contributed by atoms with Crippen LogP contribution in [-0.2, 0) is 14.8 Å². The molecule has 1 aliphatic carbocycles. The maximum Gasteiger partial charge on any atom is 0.275 e. The monoisotopic (exact) mass is 380 g/mol. The Morgan fingerprint density at radius 3 is 2.50 bits per heavy atom. The number of rotatable bonds is 6. The van der Waals surface area contributed by atoms with Crippen LogP contribution in [-0.4, -0.2) is 57.4 Å². The number of aryl methyl sites for hydroxylation is 2. The molecular formula is C19H30N3O3S+. The summed E-state index contributed by atoms with van der Waals surface area (Å²) in [5.41, 5.74) is 1.84. The van der Waals surface area contributed by atoms with Crippen LogP contribution in [0.4, 0.5) is 0 Å². The minimum absolute atomic E-state index is 0.0742. The summed E-state index contributed by atoms with van der Waals surface area (Å²) in [5.74, 6) is 0.721. The van der Waals surface area contributed by atoms with E-state index in [4.69, 9.17) is 0 Å². The quantitative estimate of drug-likeness (QED) is 0.736. The highest BCUT2D eigenvalue weighted by atomic mass is 32.2. The van der Waals surface area contributed by atoms with Crippen molar-refractivity contribution in [2.75, 3.05) is 32.7 Å². The summed E-state index contributed by atoms with van der Waals surface area (Å²) in [4.78, 5) is 13.7. The van der Waals surface area contributed by atoms with E-state index in [0.717, 1.165) is 16.0 Å². The molecule has 1 aromatic rings. The van der Waals surface area contributed by atoms with Gasteiger partial charge >= 0.3 is 0 Å². The van der Waals surface area contributed by atoms with E-state index in [0.29, 0.717) is 43.5 Å². The molecule has 1 heterocycles.